The highest BCUT2D eigenvalue weighted by molar-refractivity contribution is 6.30. The Morgan fingerprint density at radius 1 is 1.07 bits per heavy atom. The number of amides is 1. The zero-order chi connectivity index (χ0) is 19.1. The number of aromatic nitrogens is 2. The Morgan fingerprint density at radius 3 is 2.43 bits per heavy atom. The maximum Gasteiger partial charge on any atom is 0.226 e. The van der Waals surface area contributed by atoms with Crippen molar-refractivity contribution in [2.24, 2.45) is 23.7 Å². The molecule has 1 N–H and O–H groups in total. The molecule has 0 atom stereocenters. The van der Waals surface area contributed by atoms with Crippen molar-refractivity contribution in [3.05, 3.63) is 35.2 Å². The van der Waals surface area contributed by atoms with E-state index in [2.05, 4.69) is 15.5 Å². The number of hydrogen-bond acceptors (Lipinski definition) is 4. The predicted octanol–water partition coefficient (Wildman–Crippen LogP) is 4.65. The summed E-state index contributed by atoms with van der Waals surface area (Å²) in [5.74, 6) is 4.62. The first-order chi connectivity index (χ1) is 13.6. The van der Waals surface area contributed by atoms with Gasteiger partial charge in [0.05, 0.1) is 0 Å². The minimum atomic E-state index is 0.176. The molecule has 4 bridgehead atoms. The first-order valence-electron chi connectivity index (χ1n) is 10.5. The van der Waals surface area contributed by atoms with Gasteiger partial charge in [0, 0.05) is 29.5 Å². The molecule has 1 heterocycles. The van der Waals surface area contributed by atoms with E-state index in [0.717, 1.165) is 35.7 Å². The summed E-state index contributed by atoms with van der Waals surface area (Å²) in [7, 11) is 0. The number of nitrogens with zero attached hydrogens (tertiary/aromatic N) is 2. The molecule has 28 heavy (non-hydrogen) atoms. The molecule has 0 aliphatic heterocycles. The van der Waals surface area contributed by atoms with E-state index in [4.69, 9.17) is 16.1 Å². The largest absolute Gasteiger partial charge is 0.353 e. The van der Waals surface area contributed by atoms with Crippen molar-refractivity contribution in [3.63, 3.8) is 0 Å². The third-order valence-corrected chi connectivity index (χ3v) is 7.17. The Kier molecular flexibility index (Phi) is 4.87. The Balaban J connectivity index is 1.11. The van der Waals surface area contributed by atoms with Gasteiger partial charge in [-0.3, -0.25) is 4.79 Å². The Labute approximate surface area is 170 Å². The summed E-state index contributed by atoms with van der Waals surface area (Å²) < 4.78 is 5.33. The summed E-state index contributed by atoms with van der Waals surface area (Å²) in [4.78, 5) is 16.9. The second-order valence-corrected chi connectivity index (χ2v) is 9.33. The van der Waals surface area contributed by atoms with E-state index < -0.39 is 0 Å². The van der Waals surface area contributed by atoms with Gasteiger partial charge in [-0.05, 0) is 86.5 Å². The van der Waals surface area contributed by atoms with Gasteiger partial charge in [0.25, 0.3) is 0 Å². The molecule has 148 valence electrons. The molecular formula is C22H26ClN3O2. The quantitative estimate of drug-likeness (QED) is 0.767. The summed E-state index contributed by atoms with van der Waals surface area (Å²) in [6.45, 7) is 0. The molecule has 1 aromatic carbocycles. The summed E-state index contributed by atoms with van der Waals surface area (Å²) in [6, 6.07) is 7.77. The Bertz CT molecular complexity index is 820. The van der Waals surface area contributed by atoms with Crippen molar-refractivity contribution in [2.75, 3.05) is 0 Å². The fourth-order valence-electron chi connectivity index (χ4n) is 5.89. The van der Waals surface area contributed by atoms with Crippen LogP contribution >= 0.6 is 11.6 Å². The Hall–Kier alpha value is -1.88. The first-order valence-corrected chi connectivity index (χ1v) is 10.9. The third-order valence-electron chi connectivity index (χ3n) is 6.92. The van der Waals surface area contributed by atoms with Crippen molar-refractivity contribution in [1.29, 1.82) is 0 Å². The fraction of sp³-hybridized carbons (Fsp3) is 0.591. The second-order valence-electron chi connectivity index (χ2n) is 8.90. The number of carbonyl (C=O) groups is 1. The maximum atomic E-state index is 12.5. The third kappa shape index (κ3) is 3.69. The summed E-state index contributed by atoms with van der Waals surface area (Å²) in [5, 5.41) is 8.07. The van der Waals surface area contributed by atoms with Crippen LogP contribution in [0.5, 0.6) is 0 Å². The number of rotatable bonds is 6. The van der Waals surface area contributed by atoms with Crippen LogP contribution in [0.25, 0.3) is 11.4 Å². The SMILES string of the molecule is O=C(CCCc1nc(-c2ccc(Cl)cc2)no1)NC1C2CC3CC(C2)CC1C3. The van der Waals surface area contributed by atoms with Crippen LogP contribution in [0.15, 0.2) is 28.8 Å². The van der Waals surface area contributed by atoms with Crippen LogP contribution in [0.1, 0.15) is 50.8 Å². The van der Waals surface area contributed by atoms with Crippen LogP contribution in [0.3, 0.4) is 0 Å². The van der Waals surface area contributed by atoms with Crippen LogP contribution in [-0.4, -0.2) is 22.1 Å². The van der Waals surface area contributed by atoms with Crippen LogP contribution in [0, 0.1) is 23.7 Å². The molecule has 4 aliphatic rings. The smallest absolute Gasteiger partial charge is 0.226 e. The zero-order valence-electron chi connectivity index (χ0n) is 15.9. The minimum Gasteiger partial charge on any atom is -0.353 e. The van der Waals surface area contributed by atoms with Crippen molar-refractivity contribution in [3.8, 4) is 11.4 Å². The predicted molar refractivity (Wildman–Crippen MR) is 107 cm³/mol. The molecule has 0 unspecified atom stereocenters. The van der Waals surface area contributed by atoms with Gasteiger partial charge in [-0.1, -0.05) is 16.8 Å². The molecular weight excluding hydrogens is 374 g/mol. The van der Waals surface area contributed by atoms with Crippen LogP contribution in [0.2, 0.25) is 5.02 Å². The molecule has 0 saturated heterocycles. The minimum absolute atomic E-state index is 0.176. The van der Waals surface area contributed by atoms with Gasteiger partial charge in [-0.25, -0.2) is 0 Å². The van der Waals surface area contributed by atoms with Gasteiger partial charge in [-0.15, -0.1) is 0 Å². The molecule has 2 aromatic rings. The number of aryl methyl sites for hydroxylation is 1. The van der Waals surface area contributed by atoms with Crippen LogP contribution in [0.4, 0.5) is 0 Å². The van der Waals surface area contributed by atoms with E-state index in [1.54, 1.807) is 12.1 Å². The van der Waals surface area contributed by atoms with Crippen LogP contribution in [-0.2, 0) is 11.2 Å². The highest BCUT2D eigenvalue weighted by Gasteiger charge is 2.48. The number of halogens is 1. The van der Waals surface area contributed by atoms with Crippen molar-refractivity contribution >= 4 is 17.5 Å². The molecule has 4 fully saturated rings. The summed E-state index contributed by atoms with van der Waals surface area (Å²) in [6.07, 6.45) is 8.61. The molecule has 1 amide bonds. The van der Waals surface area contributed by atoms with E-state index in [-0.39, 0.29) is 5.91 Å². The monoisotopic (exact) mass is 399 g/mol. The van der Waals surface area contributed by atoms with E-state index in [1.165, 1.54) is 32.1 Å². The maximum absolute atomic E-state index is 12.5. The molecule has 4 saturated carbocycles. The lowest BCUT2D eigenvalue weighted by atomic mass is 9.54. The van der Waals surface area contributed by atoms with E-state index in [0.29, 0.717) is 35.6 Å². The van der Waals surface area contributed by atoms with Crippen molar-refractivity contribution in [1.82, 2.24) is 15.5 Å². The summed E-state index contributed by atoms with van der Waals surface area (Å²) in [5.41, 5.74) is 0.874. The normalized spacial score (nSPS) is 30.5. The van der Waals surface area contributed by atoms with Gasteiger partial charge in [0.15, 0.2) is 0 Å². The van der Waals surface area contributed by atoms with Crippen LogP contribution < -0.4 is 5.32 Å². The topological polar surface area (TPSA) is 68.0 Å². The first kappa shape index (κ1) is 18.2. The van der Waals surface area contributed by atoms with Crippen molar-refractivity contribution < 1.29 is 9.32 Å². The van der Waals surface area contributed by atoms with E-state index >= 15 is 0 Å². The van der Waals surface area contributed by atoms with E-state index in [9.17, 15) is 4.79 Å². The van der Waals surface area contributed by atoms with Gasteiger partial charge in [0.2, 0.25) is 17.6 Å². The molecule has 0 radical (unpaired) electrons. The molecule has 0 spiro atoms. The lowest BCUT2D eigenvalue weighted by molar-refractivity contribution is -0.125. The fourth-order valence-corrected chi connectivity index (χ4v) is 6.02. The zero-order valence-corrected chi connectivity index (χ0v) is 16.7. The second kappa shape index (κ2) is 7.51. The molecule has 6 heteroatoms. The average molecular weight is 400 g/mol. The number of benzene rings is 1. The van der Waals surface area contributed by atoms with Gasteiger partial charge >= 0.3 is 0 Å². The molecule has 4 aliphatic carbocycles. The highest BCUT2D eigenvalue weighted by atomic mass is 35.5. The Morgan fingerprint density at radius 2 is 1.75 bits per heavy atom. The lowest BCUT2D eigenvalue weighted by Crippen LogP contribution is -2.55. The van der Waals surface area contributed by atoms with Gasteiger partial charge in [-0.2, -0.15) is 4.98 Å². The molecule has 6 rings (SSSR count). The summed E-state index contributed by atoms with van der Waals surface area (Å²) >= 11 is 5.91. The van der Waals surface area contributed by atoms with E-state index in [1.807, 2.05) is 12.1 Å². The number of nitrogens with one attached hydrogen (secondary N) is 1. The number of carbonyl (C=O) groups excluding carboxylic acids is 1. The molecule has 1 aromatic heterocycles. The average Bonchev–Trinajstić information content (AvgIpc) is 3.13. The van der Waals surface area contributed by atoms with Crippen molar-refractivity contribution in [2.45, 2.75) is 57.4 Å². The number of hydrogen-bond donors (Lipinski definition) is 1. The lowest BCUT2D eigenvalue weighted by Gasteiger charge is -2.54. The van der Waals surface area contributed by atoms with Gasteiger partial charge < -0.3 is 9.84 Å². The standard InChI is InChI=1S/C22H26ClN3O2/c23-18-6-4-15(5-7-18)22-25-20(28-26-22)3-1-2-19(27)24-21-16-9-13-8-14(11-16)12-17(21)10-13/h4-7,13-14,16-17,21H,1-3,8-12H2,(H,24,27). The highest BCUT2D eigenvalue weighted by Crippen LogP contribution is 2.53. The van der Waals surface area contributed by atoms with Gasteiger partial charge in [0.1, 0.15) is 0 Å². The molecule has 5 nitrogen and oxygen atoms in total.